The van der Waals surface area contributed by atoms with Crippen LogP contribution in [0.25, 0.3) is 0 Å². The molecule has 16 heavy (non-hydrogen) atoms. The number of amides is 1. The first-order valence-electron chi connectivity index (χ1n) is 5.77. The molecule has 2 saturated heterocycles. The zero-order valence-corrected chi connectivity index (χ0v) is 9.06. The smallest absolute Gasteiger partial charge is 0.276 e. The molecular formula is C11H15N3O2. The Bertz CT molecular complexity index is 363. The van der Waals surface area contributed by atoms with Crippen LogP contribution < -0.4 is 5.32 Å². The van der Waals surface area contributed by atoms with Gasteiger partial charge in [-0.15, -0.1) is 0 Å². The third-order valence-electron chi connectivity index (χ3n) is 3.54. The number of hydrogen-bond acceptors (Lipinski definition) is 4. The summed E-state index contributed by atoms with van der Waals surface area (Å²) in [6.45, 7) is 2.73. The van der Waals surface area contributed by atoms with Gasteiger partial charge in [0, 0.05) is 25.2 Å². The normalized spacial score (nSPS) is 29.1. The first-order valence-corrected chi connectivity index (χ1v) is 5.77. The first-order chi connectivity index (χ1) is 7.84. The van der Waals surface area contributed by atoms with Gasteiger partial charge in [-0.25, -0.2) is 0 Å². The van der Waals surface area contributed by atoms with Crippen molar-refractivity contribution in [3.63, 3.8) is 0 Å². The molecule has 1 N–H and O–H groups in total. The molecular weight excluding hydrogens is 206 g/mol. The predicted octanol–water partition coefficient (Wildman–Crippen LogP) is 0.499. The zero-order valence-electron chi connectivity index (χ0n) is 9.06. The molecule has 0 aliphatic carbocycles. The van der Waals surface area contributed by atoms with Crippen LogP contribution in [0, 0.1) is 5.92 Å². The van der Waals surface area contributed by atoms with Crippen molar-refractivity contribution in [2.75, 3.05) is 19.6 Å². The quantitative estimate of drug-likeness (QED) is 0.750. The fraction of sp³-hybridized carbons (Fsp3) is 0.636. The highest BCUT2D eigenvalue weighted by atomic mass is 16.5. The lowest BCUT2D eigenvalue weighted by molar-refractivity contribution is 0.0775. The van der Waals surface area contributed by atoms with E-state index in [1.54, 1.807) is 6.07 Å². The van der Waals surface area contributed by atoms with Gasteiger partial charge in [-0.05, 0) is 25.3 Å². The largest absolute Gasteiger partial charge is 0.364 e. The van der Waals surface area contributed by atoms with Crippen molar-refractivity contribution in [2.45, 2.75) is 18.9 Å². The van der Waals surface area contributed by atoms with Crippen LogP contribution in [0.2, 0.25) is 0 Å². The molecule has 3 rings (SSSR count). The van der Waals surface area contributed by atoms with Crippen LogP contribution in [-0.2, 0) is 0 Å². The van der Waals surface area contributed by atoms with E-state index in [0.29, 0.717) is 17.7 Å². The van der Waals surface area contributed by atoms with Crippen molar-refractivity contribution in [1.82, 2.24) is 15.4 Å². The van der Waals surface area contributed by atoms with E-state index in [1.165, 1.54) is 19.1 Å². The summed E-state index contributed by atoms with van der Waals surface area (Å²) in [5, 5.41) is 7.16. The Morgan fingerprint density at radius 2 is 2.50 bits per heavy atom. The van der Waals surface area contributed by atoms with Crippen molar-refractivity contribution in [2.24, 2.45) is 5.92 Å². The van der Waals surface area contributed by atoms with E-state index in [2.05, 4.69) is 10.5 Å². The zero-order chi connectivity index (χ0) is 11.0. The molecule has 0 radical (unpaired) electrons. The maximum absolute atomic E-state index is 12.0. The molecule has 1 aromatic heterocycles. The maximum Gasteiger partial charge on any atom is 0.276 e. The molecule has 1 aromatic rings. The third kappa shape index (κ3) is 1.61. The Balaban J connectivity index is 1.71. The number of hydrogen-bond donors (Lipinski definition) is 1. The van der Waals surface area contributed by atoms with Gasteiger partial charge in [0.05, 0.1) is 0 Å². The summed E-state index contributed by atoms with van der Waals surface area (Å²) in [6.07, 6.45) is 3.88. The molecule has 0 saturated carbocycles. The molecule has 86 valence electrons. The maximum atomic E-state index is 12.0. The number of nitrogens with one attached hydrogen (secondary N) is 1. The Hall–Kier alpha value is -1.36. The number of aromatic nitrogens is 1. The topological polar surface area (TPSA) is 58.4 Å². The highest BCUT2D eigenvalue weighted by molar-refractivity contribution is 5.92. The van der Waals surface area contributed by atoms with E-state index < -0.39 is 0 Å². The molecule has 2 fully saturated rings. The molecule has 0 unspecified atom stereocenters. The molecule has 3 heterocycles. The Morgan fingerprint density at radius 1 is 1.56 bits per heavy atom. The number of fused-ring (bicyclic) bond motifs is 1. The van der Waals surface area contributed by atoms with Gasteiger partial charge in [-0.2, -0.15) is 0 Å². The predicted molar refractivity (Wildman–Crippen MR) is 56.9 cm³/mol. The van der Waals surface area contributed by atoms with Gasteiger partial charge in [-0.3, -0.25) is 4.79 Å². The molecule has 5 heteroatoms. The lowest BCUT2D eigenvalue weighted by atomic mass is 9.94. The monoisotopic (exact) mass is 221 g/mol. The van der Waals surface area contributed by atoms with E-state index >= 15 is 0 Å². The lowest BCUT2D eigenvalue weighted by Gasteiger charge is -2.24. The fourth-order valence-electron chi connectivity index (χ4n) is 2.70. The molecule has 5 nitrogen and oxygen atoms in total. The van der Waals surface area contributed by atoms with Crippen LogP contribution in [0.5, 0.6) is 0 Å². The summed E-state index contributed by atoms with van der Waals surface area (Å²) in [5.41, 5.74) is 0.415. The second-order valence-corrected chi connectivity index (χ2v) is 4.56. The molecule has 0 bridgehead atoms. The minimum Gasteiger partial charge on any atom is -0.364 e. The van der Waals surface area contributed by atoms with Crippen LogP contribution in [-0.4, -0.2) is 41.6 Å². The Kier molecular flexibility index (Phi) is 2.40. The second kappa shape index (κ2) is 3.90. The number of nitrogens with zero attached hydrogens (tertiary/aromatic N) is 2. The van der Waals surface area contributed by atoms with Gasteiger partial charge in [0.25, 0.3) is 5.91 Å². The van der Waals surface area contributed by atoms with Crippen LogP contribution in [0.3, 0.4) is 0 Å². The van der Waals surface area contributed by atoms with Gasteiger partial charge in [0.2, 0.25) is 0 Å². The number of piperidine rings is 1. The van der Waals surface area contributed by atoms with Gasteiger partial charge in [-0.1, -0.05) is 5.16 Å². The summed E-state index contributed by atoms with van der Waals surface area (Å²) in [5.74, 6) is 0.606. The highest BCUT2D eigenvalue weighted by Gasteiger charge is 2.37. The molecule has 2 atom stereocenters. The van der Waals surface area contributed by atoms with Gasteiger partial charge in [0.15, 0.2) is 5.69 Å². The summed E-state index contributed by atoms with van der Waals surface area (Å²) in [6, 6.07) is 2.10. The third-order valence-corrected chi connectivity index (χ3v) is 3.54. The first kappa shape index (κ1) is 9.84. The van der Waals surface area contributed by atoms with E-state index in [1.807, 2.05) is 4.90 Å². The van der Waals surface area contributed by atoms with Crippen LogP contribution in [0.15, 0.2) is 16.9 Å². The van der Waals surface area contributed by atoms with Gasteiger partial charge in [0.1, 0.15) is 6.26 Å². The Labute approximate surface area is 93.8 Å². The molecule has 0 spiro atoms. The van der Waals surface area contributed by atoms with Crippen molar-refractivity contribution >= 4 is 5.91 Å². The standard InChI is InChI=1S/C11H15N3O2/c15-11(9-3-5-16-13-9)14-6-8-2-1-4-12-10(8)7-14/h3,5,8,10,12H,1-2,4,6-7H2/t8-,10+/m0/s1. The average molecular weight is 221 g/mol. The van der Waals surface area contributed by atoms with Crippen molar-refractivity contribution < 1.29 is 9.32 Å². The summed E-state index contributed by atoms with van der Waals surface area (Å²) >= 11 is 0. The van der Waals surface area contributed by atoms with E-state index in [0.717, 1.165) is 19.6 Å². The fourth-order valence-corrected chi connectivity index (χ4v) is 2.70. The van der Waals surface area contributed by atoms with Crippen LogP contribution in [0.4, 0.5) is 0 Å². The molecule has 1 amide bonds. The van der Waals surface area contributed by atoms with E-state index in [9.17, 15) is 4.79 Å². The Morgan fingerprint density at radius 3 is 3.25 bits per heavy atom. The van der Waals surface area contributed by atoms with Gasteiger partial charge >= 0.3 is 0 Å². The van der Waals surface area contributed by atoms with Gasteiger partial charge < -0.3 is 14.7 Å². The van der Waals surface area contributed by atoms with Crippen molar-refractivity contribution in [3.8, 4) is 0 Å². The minimum atomic E-state index is -0.00931. The number of carbonyl (C=O) groups is 1. The summed E-state index contributed by atoms with van der Waals surface area (Å²) < 4.78 is 4.70. The van der Waals surface area contributed by atoms with Crippen molar-refractivity contribution in [3.05, 3.63) is 18.0 Å². The number of likely N-dealkylation sites (tertiary alicyclic amines) is 1. The minimum absolute atomic E-state index is 0.00931. The summed E-state index contributed by atoms with van der Waals surface area (Å²) in [7, 11) is 0. The lowest BCUT2D eigenvalue weighted by Crippen LogP contribution is -2.41. The second-order valence-electron chi connectivity index (χ2n) is 4.56. The number of rotatable bonds is 1. The van der Waals surface area contributed by atoms with Crippen LogP contribution in [0.1, 0.15) is 23.3 Å². The SMILES string of the molecule is O=C(c1ccon1)N1C[C@@H]2CCCN[C@@H]2C1. The highest BCUT2D eigenvalue weighted by Crippen LogP contribution is 2.25. The molecule has 0 aromatic carbocycles. The molecule has 2 aliphatic rings. The van der Waals surface area contributed by atoms with Crippen molar-refractivity contribution in [1.29, 1.82) is 0 Å². The molecule has 2 aliphatic heterocycles. The average Bonchev–Trinajstić information content (AvgIpc) is 2.97. The number of carbonyl (C=O) groups excluding carboxylic acids is 1. The van der Waals surface area contributed by atoms with E-state index in [-0.39, 0.29) is 5.91 Å². The van der Waals surface area contributed by atoms with E-state index in [4.69, 9.17) is 4.52 Å². The summed E-state index contributed by atoms with van der Waals surface area (Å²) in [4.78, 5) is 13.9. The van der Waals surface area contributed by atoms with Crippen LogP contribution >= 0.6 is 0 Å².